The van der Waals surface area contributed by atoms with Crippen LogP contribution in [0.2, 0.25) is 0 Å². The molecule has 0 fully saturated rings. The van der Waals surface area contributed by atoms with Gasteiger partial charge in [0, 0.05) is 49.7 Å². The number of rotatable bonds is 6. The highest BCUT2D eigenvalue weighted by Gasteiger charge is 2.06. The van der Waals surface area contributed by atoms with Gasteiger partial charge < -0.3 is 4.90 Å². The second kappa shape index (κ2) is 6.32. The largest absolute Gasteiger partial charge is 0.345 e. The SMILES string of the molecule is CCN(C=O)CCc1cc(-c2cnn(C)c2)cc(C)n1. The van der Waals surface area contributed by atoms with Crippen LogP contribution >= 0.6 is 0 Å². The Morgan fingerprint density at radius 3 is 2.75 bits per heavy atom. The van der Waals surface area contributed by atoms with Crippen LogP contribution in [0.3, 0.4) is 0 Å². The predicted molar refractivity (Wildman–Crippen MR) is 78.2 cm³/mol. The van der Waals surface area contributed by atoms with Crippen molar-refractivity contribution < 1.29 is 4.79 Å². The zero-order valence-electron chi connectivity index (χ0n) is 12.2. The van der Waals surface area contributed by atoms with Crippen molar-refractivity contribution in [1.82, 2.24) is 19.7 Å². The molecule has 20 heavy (non-hydrogen) atoms. The maximum absolute atomic E-state index is 10.8. The number of pyridine rings is 1. The van der Waals surface area contributed by atoms with Gasteiger partial charge in [0.1, 0.15) is 0 Å². The second-order valence-corrected chi connectivity index (χ2v) is 4.88. The summed E-state index contributed by atoms with van der Waals surface area (Å²) in [5.41, 5.74) is 4.19. The smallest absolute Gasteiger partial charge is 0.209 e. The number of aromatic nitrogens is 3. The Morgan fingerprint density at radius 1 is 1.35 bits per heavy atom. The van der Waals surface area contributed by atoms with E-state index in [1.54, 1.807) is 9.58 Å². The van der Waals surface area contributed by atoms with E-state index in [4.69, 9.17) is 0 Å². The zero-order valence-corrected chi connectivity index (χ0v) is 12.2. The third-order valence-corrected chi connectivity index (χ3v) is 3.26. The fraction of sp³-hybridized carbons (Fsp3) is 0.400. The topological polar surface area (TPSA) is 51.0 Å². The summed E-state index contributed by atoms with van der Waals surface area (Å²) in [5.74, 6) is 0. The highest BCUT2D eigenvalue weighted by atomic mass is 16.1. The summed E-state index contributed by atoms with van der Waals surface area (Å²) in [6.45, 7) is 5.38. The predicted octanol–water partition coefficient (Wildman–Crippen LogP) is 1.81. The van der Waals surface area contributed by atoms with Crippen molar-refractivity contribution in [2.45, 2.75) is 20.3 Å². The van der Waals surface area contributed by atoms with Gasteiger partial charge in [-0.3, -0.25) is 14.5 Å². The summed E-state index contributed by atoms with van der Waals surface area (Å²) >= 11 is 0. The number of amides is 1. The minimum atomic E-state index is 0.697. The van der Waals surface area contributed by atoms with Gasteiger partial charge in [-0.05, 0) is 31.5 Å². The second-order valence-electron chi connectivity index (χ2n) is 4.88. The van der Waals surface area contributed by atoms with Crippen molar-refractivity contribution in [2.24, 2.45) is 7.05 Å². The maximum Gasteiger partial charge on any atom is 0.209 e. The van der Waals surface area contributed by atoms with Crippen LogP contribution in [0.1, 0.15) is 18.3 Å². The van der Waals surface area contributed by atoms with Crippen molar-refractivity contribution in [2.75, 3.05) is 13.1 Å². The van der Waals surface area contributed by atoms with Crippen LogP contribution in [-0.2, 0) is 18.3 Å². The van der Waals surface area contributed by atoms with Crippen LogP contribution in [0, 0.1) is 6.92 Å². The first-order valence-corrected chi connectivity index (χ1v) is 6.78. The zero-order chi connectivity index (χ0) is 14.5. The molecule has 2 aromatic heterocycles. The highest BCUT2D eigenvalue weighted by molar-refractivity contribution is 5.62. The summed E-state index contributed by atoms with van der Waals surface area (Å²) < 4.78 is 1.79. The van der Waals surface area contributed by atoms with Gasteiger partial charge in [-0.1, -0.05) is 0 Å². The van der Waals surface area contributed by atoms with E-state index in [0.717, 1.165) is 41.9 Å². The highest BCUT2D eigenvalue weighted by Crippen LogP contribution is 2.20. The molecule has 0 aliphatic heterocycles. The fourth-order valence-electron chi connectivity index (χ4n) is 2.15. The van der Waals surface area contributed by atoms with Gasteiger partial charge >= 0.3 is 0 Å². The van der Waals surface area contributed by atoms with Crippen molar-refractivity contribution >= 4 is 6.41 Å². The molecule has 1 amide bonds. The molecule has 0 spiro atoms. The lowest BCUT2D eigenvalue weighted by Crippen LogP contribution is -2.24. The molecule has 106 valence electrons. The molecule has 0 saturated carbocycles. The third kappa shape index (κ3) is 3.44. The Hall–Kier alpha value is -2.17. The van der Waals surface area contributed by atoms with E-state index in [9.17, 15) is 4.79 Å². The molecule has 0 aromatic carbocycles. The summed E-state index contributed by atoms with van der Waals surface area (Å²) in [7, 11) is 1.90. The number of hydrogen-bond donors (Lipinski definition) is 0. The van der Waals surface area contributed by atoms with E-state index >= 15 is 0 Å². The van der Waals surface area contributed by atoms with Crippen LogP contribution in [0.5, 0.6) is 0 Å². The summed E-state index contributed by atoms with van der Waals surface area (Å²) in [6.07, 6.45) is 5.49. The van der Waals surface area contributed by atoms with E-state index in [-0.39, 0.29) is 0 Å². The molecular formula is C15H20N4O. The minimum absolute atomic E-state index is 0.697. The molecule has 2 rings (SSSR count). The van der Waals surface area contributed by atoms with Gasteiger partial charge in [0.15, 0.2) is 0 Å². The Balaban J connectivity index is 2.18. The van der Waals surface area contributed by atoms with E-state index < -0.39 is 0 Å². The van der Waals surface area contributed by atoms with Crippen molar-refractivity contribution in [3.05, 3.63) is 35.9 Å². The summed E-state index contributed by atoms with van der Waals surface area (Å²) in [4.78, 5) is 17.1. The fourth-order valence-corrected chi connectivity index (χ4v) is 2.15. The van der Waals surface area contributed by atoms with E-state index in [1.807, 2.05) is 33.3 Å². The average Bonchev–Trinajstić information content (AvgIpc) is 2.86. The molecular weight excluding hydrogens is 252 g/mol. The van der Waals surface area contributed by atoms with Crippen LogP contribution in [0.15, 0.2) is 24.5 Å². The molecule has 0 bridgehead atoms. The van der Waals surface area contributed by atoms with Gasteiger partial charge in [0.05, 0.1) is 6.20 Å². The van der Waals surface area contributed by atoms with Gasteiger partial charge in [-0.15, -0.1) is 0 Å². The van der Waals surface area contributed by atoms with Crippen molar-refractivity contribution in [3.63, 3.8) is 0 Å². The normalized spacial score (nSPS) is 10.6. The Morgan fingerprint density at radius 2 is 2.15 bits per heavy atom. The first-order chi connectivity index (χ1) is 9.62. The summed E-state index contributed by atoms with van der Waals surface area (Å²) in [6, 6.07) is 4.13. The number of carbonyl (C=O) groups is 1. The van der Waals surface area contributed by atoms with Crippen LogP contribution in [0.25, 0.3) is 11.1 Å². The van der Waals surface area contributed by atoms with E-state index in [0.29, 0.717) is 6.54 Å². The molecule has 0 unspecified atom stereocenters. The molecule has 0 radical (unpaired) electrons. The Bertz CT molecular complexity index is 591. The Kier molecular flexibility index (Phi) is 4.50. The van der Waals surface area contributed by atoms with Crippen LogP contribution < -0.4 is 0 Å². The average molecular weight is 272 g/mol. The number of hydrogen-bond acceptors (Lipinski definition) is 3. The molecule has 0 aliphatic carbocycles. The van der Waals surface area contributed by atoms with E-state index in [2.05, 4.69) is 22.2 Å². The quantitative estimate of drug-likeness (QED) is 0.754. The molecule has 5 nitrogen and oxygen atoms in total. The lowest BCUT2D eigenvalue weighted by atomic mass is 10.1. The lowest BCUT2D eigenvalue weighted by Gasteiger charge is -2.14. The number of likely N-dealkylation sites (N-methyl/N-ethyl adjacent to an activating group) is 1. The van der Waals surface area contributed by atoms with E-state index in [1.165, 1.54) is 0 Å². The lowest BCUT2D eigenvalue weighted by molar-refractivity contribution is -0.117. The molecule has 0 saturated heterocycles. The molecule has 2 aromatic rings. The Labute approximate surface area is 119 Å². The van der Waals surface area contributed by atoms with Gasteiger partial charge in [0.2, 0.25) is 6.41 Å². The number of aryl methyl sites for hydroxylation is 2. The summed E-state index contributed by atoms with van der Waals surface area (Å²) in [5, 5.41) is 4.19. The van der Waals surface area contributed by atoms with Crippen molar-refractivity contribution in [1.29, 1.82) is 0 Å². The number of carbonyl (C=O) groups excluding carboxylic acids is 1. The molecule has 2 heterocycles. The van der Waals surface area contributed by atoms with Gasteiger partial charge in [-0.2, -0.15) is 5.10 Å². The van der Waals surface area contributed by atoms with Crippen LogP contribution in [-0.4, -0.2) is 39.2 Å². The maximum atomic E-state index is 10.8. The third-order valence-electron chi connectivity index (χ3n) is 3.26. The molecule has 5 heteroatoms. The molecule has 0 N–H and O–H groups in total. The van der Waals surface area contributed by atoms with Gasteiger partial charge in [0.25, 0.3) is 0 Å². The van der Waals surface area contributed by atoms with Gasteiger partial charge in [-0.25, -0.2) is 0 Å². The standard InChI is InChI=1S/C15H20N4O/c1-4-19(11-20)6-5-15-8-13(7-12(2)17-15)14-9-16-18(3)10-14/h7-11H,4-6H2,1-3H3. The monoisotopic (exact) mass is 272 g/mol. The number of nitrogens with zero attached hydrogens (tertiary/aromatic N) is 4. The van der Waals surface area contributed by atoms with Crippen LogP contribution in [0.4, 0.5) is 0 Å². The first kappa shape index (κ1) is 14.2. The minimum Gasteiger partial charge on any atom is -0.345 e. The molecule has 0 aliphatic rings. The first-order valence-electron chi connectivity index (χ1n) is 6.78. The van der Waals surface area contributed by atoms with Crippen molar-refractivity contribution in [3.8, 4) is 11.1 Å². The molecule has 0 atom stereocenters.